The summed E-state index contributed by atoms with van der Waals surface area (Å²) in [5.41, 5.74) is 0.318. The van der Waals surface area contributed by atoms with Crippen molar-refractivity contribution in [1.82, 2.24) is 14.9 Å². The van der Waals surface area contributed by atoms with Gasteiger partial charge in [-0.05, 0) is 17.7 Å². The molecule has 0 saturated heterocycles. The Kier molecular flexibility index (Phi) is 3.33. The smallest absolute Gasteiger partial charge is 0.325 e. The second kappa shape index (κ2) is 4.93. The normalized spacial score (nSPS) is 10.2. The van der Waals surface area contributed by atoms with Crippen LogP contribution < -0.4 is 11.2 Å². The van der Waals surface area contributed by atoms with Crippen molar-refractivity contribution in [3.63, 3.8) is 0 Å². The molecular formula is C13H13N3O3. The molecule has 0 saturated carbocycles. The van der Waals surface area contributed by atoms with E-state index in [1.54, 1.807) is 38.4 Å². The van der Waals surface area contributed by atoms with E-state index in [2.05, 4.69) is 9.97 Å². The number of nitrogens with one attached hydrogen (secondary N) is 2. The van der Waals surface area contributed by atoms with Crippen molar-refractivity contribution in [2.45, 2.75) is 0 Å². The summed E-state index contributed by atoms with van der Waals surface area (Å²) >= 11 is 0. The molecular weight excluding hydrogens is 246 g/mol. The van der Waals surface area contributed by atoms with Gasteiger partial charge < -0.3 is 9.88 Å². The van der Waals surface area contributed by atoms with Gasteiger partial charge in [-0.15, -0.1) is 0 Å². The van der Waals surface area contributed by atoms with E-state index in [1.165, 1.54) is 11.1 Å². The van der Waals surface area contributed by atoms with Crippen LogP contribution in [0.4, 0.5) is 0 Å². The molecule has 0 aliphatic heterocycles. The molecule has 19 heavy (non-hydrogen) atoms. The van der Waals surface area contributed by atoms with Gasteiger partial charge in [0.05, 0.1) is 5.56 Å². The zero-order valence-corrected chi connectivity index (χ0v) is 10.6. The van der Waals surface area contributed by atoms with Gasteiger partial charge in [-0.3, -0.25) is 14.6 Å². The molecule has 1 heterocycles. The molecule has 6 nitrogen and oxygen atoms in total. The lowest BCUT2D eigenvalue weighted by Crippen LogP contribution is -2.23. The fraction of sp³-hybridized carbons (Fsp3) is 0.154. The number of H-pyrrole nitrogens is 2. The van der Waals surface area contributed by atoms with Crippen LogP contribution in [0.3, 0.4) is 0 Å². The van der Waals surface area contributed by atoms with Crippen molar-refractivity contribution in [2.75, 3.05) is 14.1 Å². The molecule has 0 spiro atoms. The summed E-state index contributed by atoms with van der Waals surface area (Å²) in [7, 11) is 3.31. The van der Waals surface area contributed by atoms with Gasteiger partial charge in [0.2, 0.25) is 0 Å². The summed E-state index contributed by atoms with van der Waals surface area (Å²) < 4.78 is 0. The Morgan fingerprint density at radius 2 is 1.95 bits per heavy atom. The van der Waals surface area contributed by atoms with Gasteiger partial charge in [-0.2, -0.15) is 0 Å². The van der Waals surface area contributed by atoms with Gasteiger partial charge in [0.15, 0.2) is 0 Å². The number of rotatable bonds is 2. The standard InChI is InChI=1S/C13H13N3O3/c1-16(2)12(18)9-5-3-4-8(6-9)10-7-14-13(19)15-11(10)17/h3-7H,1-2H3,(H2,14,15,17,19). The molecule has 0 atom stereocenters. The van der Waals surface area contributed by atoms with Crippen molar-refractivity contribution >= 4 is 5.91 Å². The van der Waals surface area contributed by atoms with Crippen LogP contribution in [-0.2, 0) is 0 Å². The first-order chi connectivity index (χ1) is 8.99. The van der Waals surface area contributed by atoms with E-state index in [1.807, 2.05) is 0 Å². The number of aromatic nitrogens is 2. The number of aromatic amines is 2. The third kappa shape index (κ3) is 2.62. The SMILES string of the molecule is CN(C)C(=O)c1cccc(-c2c[nH]c(=O)[nH]c2=O)c1. The van der Waals surface area contributed by atoms with Gasteiger partial charge >= 0.3 is 5.69 Å². The summed E-state index contributed by atoms with van der Waals surface area (Å²) in [4.78, 5) is 40.5. The average Bonchev–Trinajstić information content (AvgIpc) is 2.38. The second-order valence-electron chi connectivity index (χ2n) is 4.27. The quantitative estimate of drug-likeness (QED) is 0.820. The summed E-state index contributed by atoms with van der Waals surface area (Å²) in [5, 5.41) is 0. The first kappa shape index (κ1) is 12.8. The molecule has 0 unspecified atom stereocenters. The molecule has 0 aliphatic carbocycles. The van der Waals surface area contributed by atoms with E-state index in [-0.39, 0.29) is 5.91 Å². The number of hydrogen-bond donors (Lipinski definition) is 2. The van der Waals surface area contributed by atoms with E-state index < -0.39 is 11.2 Å². The topological polar surface area (TPSA) is 86.0 Å². The average molecular weight is 259 g/mol. The van der Waals surface area contributed by atoms with Crippen LogP contribution in [0, 0.1) is 0 Å². The van der Waals surface area contributed by atoms with Crippen molar-refractivity contribution < 1.29 is 4.79 Å². The van der Waals surface area contributed by atoms with Gasteiger partial charge in [-0.1, -0.05) is 12.1 Å². The Labute approximate surface area is 108 Å². The number of nitrogens with zero attached hydrogens (tertiary/aromatic N) is 1. The highest BCUT2D eigenvalue weighted by atomic mass is 16.2. The third-order valence-electron chi connectivity index (χ3n) is 2.65. The number of benzene rings is 1. The maximum Gasteiger partial charge on any atom is 0.325 e. The van der Waals surface area contributed by atoms with Gasteiger partial charge in [0.25, 0.3) is 11.5 Å². The molecule has 1 aromatic heterocycles. The minimum atomic E-state index is -0.561. The molecule has 2 aromatic rings. The third-order valence-corrected chi connectivity index (χ3v) is 2.65. The minimum Gasteiger partial charge on any atom is -0.345 e. The molecule has 6 heteroatoms. The molecule has 98 valence electrons. The predicted molar refractivity (Wildman–Crippen MR) is 71.1 cm³/mol. The molecule has 2 rings (SSSR count). The molecule has 1 amide bonds. The Balaban J connectivity index is 2.52. The van der Waals surface area contributed by atoms with E-state index in [0.29, 0.717) is 16.7 Å². The van der Waals surface area contributed by atoms with Crippen LogP contribution in [0.1, 0.15) is 10.4 Å². The lowest BCUT2D eigenvalue weighted by molar-refractivity contribution is 0.0827. The highest BCUT2D eigenvalue weighted by Gasteiger charge is 2.10. The van der Waals surface area contributed by atoms with E-state index >= 15 is 0 Å². The maximum atomic E-state index is 11.8. The van der Waals surface area contributed by atoms with Crippen molar-refractivity contribution in [2.24, 2.45) is 0 Å². The van der Waals surface area contributed by atoms with Crippen molar-refractivity contribution in [1.29, 1.82) is 0 Å². The van der Waals surface area contributed by atoms with Crippen LogP contribution in [0.5, 0.6) is 0 Å². The Morgan fingerprint density at radius 1 is 1.21 bits per heavy atom. The van der Waals surface area contributed by atoms with E-state index in [4.69, 9.17) is 0 Å². The molecule has 2 N–H and O–H groups in total. The van der Waals surface area contributed by atoms with Gasteiger partial charge in [0.1, 0.15) is 0 Å². The van der Waals surface area contributed by atoms with E-state index in [0.717, 1.165) is 0 Å². The molecule has 0 aliphatic rings. The minimum absolute atomic E-state index is 0.150. The molecule has 1 aromatic carbocycles. The van der Waals surface area contributed by atoms with Crippen LogP contribution in [0.2, 0.25) is 0 Å². The summed E-state index contributed by atoms with van der Waals surface area (Å²) in [6.07, 6.45) is 1.33. The fourth-order valence-corrected chi connectivity index (χ4v) is 1.70. The van der Waals surface area contributed by atoms with Crippen LogP contribution in [0.25, 0.3) is 11.1 Å². The van der Waals surface area contributed by atoms with Gasteiger partial charge in [-0.25, -0.2) is 4.79 Å². The summed E-state index contributed by atoms with van der Waals surface area (Å²) in [6.45, 7) is 0. The maximum absolute atomic E-state index is 11.8. The first-order valence-electron chi connectivity index (χ1n) is 5.63. The monoisotopic (exact) mass is 259 g/mol. The predicted octanol–water partition coefficient (Wildman–Crippen LogP) is 0.432. The van der Waals surface area contributed by atoms with Crippen molar-refractivity contribution in [3.05, 3.63) is 56.9 Å². The van der Waals surface area contributed by atoms with Crippen LogP contribution >= 0.6 is 0 Å². The molecule has 0 fully saturated rings. The molecule has 0 bridgehead atoms. The Hall–Kier alpha value is -2.63. The lowest BCUT2D eigenvalue weighted by atomic mass is 10.1. The highest BCUT2D eigenvalue weighted by Crippen LogP contribution is 2.16. The number of amides is 1. The zero-order valence-electron chi connectivity index (χ0n) is 10.6. The van der Waals surface area contributed by atoms with Gasteiger partial charge in [0, 0.05) is 25.9 Å². The van der Waals surface area contributed by atoms with E-state index in [9.17, 15) is 14.4 Å². The summed E-state index contributed by atoms with van der Waals surface area (Å²) in [6, 6.07) is 6.68. The second-order valence-corrected chi connectivity index (χ2v) is 4.27. The number of hydrogen-bond acceptors (Lipinski definition) is 3. The molecule has 0 radical (unpaired) electrons. The summed E-state index contributed by atoms with van der Waals surface area (Å²) in [5.74, 6) is -0.150. The zero-order chi connectivity index (χ0) is 14.0. The number of carbonyl (C=O) groups is 1. The largest absolute Gasteiger partial charge is 0.345 e. The Morgan fingerprint density at radius 3 is 2.58 bits per heavy atom. The lowest BCUT2D eigenvalue weighted by Gasteiger charge is -2.10. The first-order valence-corrected chi connectivity index (χ1v) is 5.63. The highest BCUT2D eigenvalue weighted by molar-refractivity contribution is 5.95. The number of carbonyl (C=O) groups excluding carboxylic acids is 1. The van der Waals surface area contributed by atoms with Crippen LogP contribution in [0.15, 0.2) is 40.1 Å². The van der Waals surface area contributed by atoms with Crippen molar-refractivity contribution in [3.8, 4) is 11.1 Å². The van der Waals surface area contributed by atoms with Crippen LogP contribution in [-0.4, -0.2) is 34.9 Å². The Bertz CT molecular complexity index is 728. The fourth-order valence-electron chi connectivity index (χ4n) is 1.70.